The fourth-order valence-corrected chi connectivity index (χ4v) is 4.15. The summed E-state index contributed by atoms with van der Waals surface area (Å²) in [6, 6.07) is 4.16. The number of aliphatic hydroxyl groups is 1. The molecule has 0 aromatic heterocycles. The highest BCUT2D eigenvalue weighted by molar-refractivity contribution is 7.89. The van der Waals surface area contributed by atoms with Gasteiger partial charge in [0.2, 0.25) is 10.0 Å². The largest absolute Gasteiger partial charge is 0.508 e. The zero-order valence-electron chi connectivity index (χ0n) is 16.7. The predicted molar refractivity (Wildman–Crippen MR) is 105 cm³/mol. The van der Waals surface area contributed by atoms with Gasteiger partial charge in [-0.25, -0.2) is 13.2 Å². The second-order valence-corrected chi connectivity index (χ2v) is 8.08. The molecule has 0 atom stereocenters. The van der Waals surface area contributed by atoms with Gasteiger partial charge in [-0.3, -0.25) is 4.79 Å². The van der Waals surface area contributed by atoms with Gasteiger partial charge in [0.25, 0.3) is 0 Å². The number of rotatable bonds is 9. The number of allylic oxidation sites excluding steroid dienone is 1. The van der Waals surface area contributed by atoms with Crippen LogP contribution in [0.25, 0.3) is 0 Å². The third-order valence-corrected chi connectivity index (χ3v) is 6.17. The van der Waals surface area contributed by atoms with Crippen LogP contribution in [0, 0.1) is 12.3 Å². The summed E-state index contributed by atoms with van der Waals surface area (Å²) >= 11 is 0. The molecule has 0 saturated carbocycles. The van der Waals surface area contributed by atoms with E-state index in [-0.39, 0.29) is 21.7 Å². The van der Waals surface area contributed by atoms with E-state index in [2.05, 4.69) is 0 Å². The first-order valence-electron chi connectivity index (χ1n) is 8.73. The fourth-order valence-electron chi connectivity index (χ4n) is 2.66. The number of ketones is 1. The van der Waals surface area contributed by atoms with Crippen molar-refractivity contribution >= 4 is 27.5 Å². The Hall–Kier alpha value is -2.52. The maximum atomic E-state index is 12.7. The van der Waals surface area contributed by atoms with E-state index in [1.165, 1.54) is 36.4 Å². The minimum atomic E-state index is -3.75. The second-order valence-electron chi connectivity index (χ2n) is 6.15. The summed E-state index contributed by atoms with van der Waals surface area (Å²) < 4.78 is 31.6. The van der Waals surface area contributed by atoms with Crippen LogP contribution < -0.4 is 0 Å². The number of hydrogen-bond donors (Lipinski definition) is 2. The summed E-state index contributed by atoms with van der Waals surface area (Å²) in [7, 11) is -3.75. The lowest BCUT2D eigenvalue weighted by atomic mass is 10.1. The third-order valence-electron chi connectivity index (χ3n) is 4.13. The maximum absolute atomic E-state index is 12.7. The number of hydrogen-bond acceptors (Lipinski definition) is 7. The van der Waals surface area contributed by atoms with Crippen molar-refractivity contribution in [2.24, 2.45) is 0 Å². The molecule has 0 spiro atoms. The van der Waals surface area contributed by atoms with Gasteiger partial charge in [-0.05, 0) is 38.5 Å². The normalized spacial score (nSPS) is 12.5. The molecule has 28 heavy (non-hydrogen) atoms. The molecule has 2 N–H and O–H groups in total. The average molecular weight is 410 g/mol. The van der Waals surface area contributed by atoms with Crippen LogP contribution in [-0.2, 0) is 19.6 Å². The lowest BCUT2D eigenvalue weighted by Gasteiger charge is -2.19. The van der Waals surface area contributed by atoms with Crippen molar-refractivity contribution in [3.63, 3.8) is 0 Å². The van der Waals surface area contributed by atoms with Crippen LogP contribution in [0.2, 0.25) is 0 Å². The third kappa shape index (κ3) is 5.26. The molecule has 0 aliphatic carbocycles. The van der Waals surface area contributed by atoms with Crippen LogP contribution >= 0.6 is 0 Å². The van der Waals surface area contributed by atoms with Crippen molar-refractivity contribution in [3.05, 3.63) is 40.7 Å². The van der Waals surface area contributed by atoms with E-state index in [0.717, 1.165) is 0 Å². The molecule has 1 aromatic rings. The molecule has 0 fully saturated rings. The average Bonchev–Trinajstić information content (AvgIpc) is 2.60. The number of esters is 1. The topological polar surface area (TPSA) is 125 Å². The van der Waals surface area contributed by atoms with Gasteiger partial charge in [-0.1, -0.05) is 19.9 Å². The van der Waals surface area contributed by atoms with Crippen LogP contribution in [-0.4, -0.2) is 55.0 Å². The molecule has 1 aromatic carbocycles. The van der Waals surface area contributed by atoms with E-state index >= 15 is 0 Å². The number of aryl methyl sites for hydroxylation is 1. The summed E-state index contributed by atoms with van der Waals surface area (Å²) in [5, 5.41) is 17.5. The van der Waals surface area contributed by atoms with Crippen LogP contribution in [0.15, 0.2) is 34.4 Å². The number of sulfonamides is 1. The molecular weight excluding hydrogens is 384 g/mol. The zero-order chi connectivity index (χ0) is 21.6. The van der Waals surface area contributed by atoms with Gasteiger partial charge >= 0.3 is 5.97 Å². The summed E-state index contributed by atoms with van der Waals surface area (Å²) in [6.45, 7) is 7.58. The Balaban J connectivity index is 3.18. The predicted octanol–water partition coefficient (Wildman–Crippen LogP) is 2.62. The summed E-state index contributed by atoms with van der Waals surface area (Å²) in [5.74, 6) is -1.89. The standard InChI is InChI=1S/C19H26N2O6S/c1-6-21(7-2)28(25,26)15-9-8-12(3)16(10-15)19(24)27-11-17(23)18(13(4)20)14(5)22/h8-10,20,23H,6-7,11H2,1-5H3/b18-17-,20-13?. The first-order valence-corrected chi connectivity index (χ1v) is 10.2. The highest BCUT2D eigenvalue weighted by Gasteiger charge is 2.24. The number of carbonyl (C=O) groups excluding carboxylic acids is 2. The van der Waals surface area contributed by atoms with Crippen molar-refractivity contribution in [2.45, 2.75) is 39.5 Å². The molecule has 9 heteroatoms. The molecule has 8 nitrogen and oxygen atoms in total. The van der Waals surface area contributed by atoms with Crippen LogP contribution in [0.3, 0.4) is 0 Å². The minimum absolute atomic E-state index is 0.0340. The molecule has 0 heterocycles. The SMILES string of the molecule is CCN(CC)S(=O)(=O)c1ccc(C)c(C(=O)OC/C(O)=C(\C(C)=N)C(C)=O)c1. The molecule has 0 amide bonds. The van der Waals surface area contributed by atoms with Crippen molar-refractivity contribution < 1.29 is 27.9 Å². The first-order chi connectivity index (χ1) is 13.0. The quantitative estimate of drug-likeness (QED) is 0.279. The Morgan fingerprint density at radius 2 is 1.75 bits per heavy atom. The highest BCUT2D eigenvalue weighted by Crippen LogP contribution is 2.20. The van der Waals surface area contributed by atoms with Gasteiger partial charge < -0.3 is 15.3 Å². The number of nitrogens with zero attached hydrogens (tertiary/aromatic N) is 1. The number of benzene rings is 1. The lowest BCUT2D eigenvalue weighted by Crippen LogP contribution is -2.30. The van der Waals surface area contributed by atoms with E-state index in [4.69, 9.17) is 10.1 Å². The van der Waals surface area contributed by atoms with Crippen molar-refractivity contribution in [1.82, 2.24) is 4.31 Å². The Morgan fingerprint density at radius 3 is 2.21 bits per heavy atom. The van der Waals surface area contributed by atoms with Crippen molar-refractivity contribution in [3.8, 4) is 0 Å². The molecule has 0 aliphatic rings. The zero-order valence-corrected chi connectivity index (χ0v) is 17.5. The molecule has 0 unspecified atom stereocenters. The van der Waals surface area contributed by atoms with Gasteiger partial charge in [0.1, 0.15) is 12.4 Å². The monoisotopic (exact) mass is 410 g/mol. The Kier molecular flexibility index (Phi) is 8.07. The lowest BCUT2D eigenvalue weighted by molar-refractivity contribution is -0.113. The molecule has 1 rings (SSSR count). The highest BCUT2D eigenvalue weighted by atomic mass is 32.2. The van der Waals surface area contributed by atoms with Crippen molar-refractivity contribution in [2.75, 3.05) is 19.7 Å². The van der Waals surface area contributed by atoms with Crippen LogP contribution in [0.4, 0.5) is 0 Å². The Bertz CT molecular complexity index is 898. The smallest absolute Gasteiger partial charge is 0.338 e. The van der Waals surface area contributed by atoms with E-state index in [0.29, 0.717) is 18.7 Å². The number of nitrogens with one attached hydrogen (secondary N) is 1. The fraction of sp³-hybridized carbons (Fsp3) is 0.421. The van der Waals surface area contributed by atoms with Gasteiger partial charge in [-0.2, -0.15) is 4.31 Å². The maximum Gasteiger partial charge on any atom is 0.338 e. The van der Waals surface area contributed by atoms with Crippen LogP contribution in [0.1, 0.15) is 43.6 Å². The summed E-state index contributed by atoms with van der Waals surface area (Å²) in [4.78, 5) is 23.9. The summed E-state index contributed by atoms with van der Waals surface area (Å²) in [6.07, 6.45) is 0. The number of Topliss-reactive ketones (excluding diaryl/α,β-unsaturated/α-hetero) is 1. The van der Waals surface area contributed by atoms with Gasteiger partial charge in [0.15, 0.2) is 5.78 Å². The minimum Gasteiger partial charge on any atom is -0.508 e. The van der Waals surface area contributed by atoms with E-state index in [9.17, 15) is 23.1 Å². The van der Waals surface area contributed by atoms with Crippen LogP contribution in [0.5, 0.6) is 0 Å². The molecule has 154 valence electrons. The van der Waals surface area contributed by atoms with E-state index in [1.54, 1.807) is 20.8 Å². The summed E-state index contributed by atoms with van der Waals surface area (Å²) in [5.41, 5.74) is 0.172. The number of ether oxygens (including phenoxy) is 1. The number of carbonyl (C=O) groups is 2. The molecule has 0 bridgehead atoms. The first kappa shape index (κ1) is 23.5. The molecule has 0 radical (unpaired) electrons. The molecule has 0 saturated heterocycles. The molecule has 0 aliphatic heterocycles. The molecular formula is C19H26N2O6S. The van der Waals surface area contributed by atoms with E-state index in [1.807, 2.05) is 0 Å². The Morgan fingerprint density at radius 1 is 1.18 bits per heavy atom. The van der Waals surface area contributed by atoms with Crippen molar-refractivity contribution in [1.29, 1.82) is 5.41 Å². The van der Waals surface area contributed by atoms with Gasteiger partial charge in [0, 0.05) is 18.8 Å². The Labute approximate surface area is 165 Å². The van der Waals surface area contributed by atoms with Gasteiger partial charge in [-0.15, -0.1) is 0 Å². The second kappa shape index (κ2) is 9.61. The number of aliphatic hydroxyl groups excluding tert-OH is 1. The van der Waals surface area contributed by atoms with Gasteiger partial charge in [0.05, 0.1) is 16.0 Å². The van der Waals surface area contributed by atoms with E-state index < -0.39 is 34.1 Å².